The normalized spacial score (nSPS) is 13.7. The van der Waals surface area contributed by atoms with Gasteiger partial charge in [-0.1, -0.05) is 13.8 Å². The van der Waals surface area contributed by atoms with Crippen LogP contribution < -0.4 is 0 Å². The minimum atomic E-state index is 0.374. The van der Waals surface area contributed by atoms with Gasteiger partial charge in [-0.2, -0.15) is 5.11 Å². The van der Waals surface area contributed by atoms with Crippen molar-refractivity contribution >= 4 is 5.84 Å². The lowest BCUT2D eigenvalue weighted by Gasteiger charge is -1.98. The molecule has 0 aromatic heterocycles. The fourth-order valence-corrected chi connectivity index (χ4v) is 0.521. The van der Waals surface area contributed by atoms with Crippen molar-refractivity contribution in [1.29, 1.82) is 0 Å². The van der Waals surface area contributed by atoms with Crippen molar-refractivity contribution in [3.8, 4) is 0 Å². The average Bonchev–Trinajstić information content (AvgIpc) is 1.82. The van der Waals surface area contributed by atoms with Crippen LogP contribution in [-0.2, 0) is 0 Å². The molecule has 0 radical (unpaired) electrons. The van der Waals surface area contributed by atoms with Crippen LogP contribution in [-0.4, -0.2) is 19.9 Å². The van der Waals surface area contributed by atoms with Crippen molar-refractivity contribution in [1.82, 2.24) is 0 Å². The van der Waals surface area contributed by atoms with E-state index in [-0.39, 0.29) is 0 Å². The van der Waals surface area contributed by atoms with E-state index in [4.69, 9.17) is 0 Å². The molecule has 0 amide bonds. The first kappa shape index (κ1) is 8.27. The van der Waals surface area contributed by atoms with E-state index in [2.05, 4.69) is 15.2 Å². The van der Waals surface area contributed by atoms with E-state index >= 15 is 0 Å². The Balaban J connectivity index is 4.01. The predicted octanol–water partition coefficient (Wildman–Crippen LogP) is 1.75. The van der Waals surface area contributed by atoms with Crippen molar-refractivity contribution < 1.29 is 0 Å². The second-order valence-corrected chi connectivity index (χ2v) is 2.04. The Bertz CT molecular complexity index is 124. The van der Waals surface area contributed by atoms with Crippen LogP contribution in [0.25, 0.3) is 0 Å². The summed E-state index contributed by atoms with van der Waals surface area (Å²) in [7, 11) is 3.37. The van der Waals surface area contributed by atoms with Crippen molar-refractivity contribution in [3.05, 3.63) is 0 Å². The molecule has 0 heterocycles. The summed E-state index contributed by atoms with van der Waals surface area (Å²) in [6, 6.07) is 0. The molecule has 0 unspecified atom stereocenters. The van der Waals surface area contributed by atoms with Gasteiger partial charge in [0.1, 0.15) is 5.84 Å². The van der Waals surface area contributed by atoms with Gasteiger partial charge in [0.2, 0.25) is 0 Å². The summed E-state index contributed by atoms with van der Waals surface area (Å²) in [6.45, 7) is 4.08. The number of nitrogens with zero attached hydrogens (tertiary/aromatic N) is 3. The van der Waals surface area contributed by atoms with Gasteiger partial charge in [0, 0.05) is 20.0 Å². The number of hydrogen-bond donors (Lipinski definition) is 0. The second kappa shape index (κ2) is 4.18. The Morgan fingerprint density at radius 1 is 1.22 bits per heavy atom. The van der Waals surface area contributed by atoms with E-state index in [1.807, 2.05) is 13.8 Å². The van der Waals surface area contributed by atoms with Gasteiger partial charge in [-0.15, -0.1) is 5.11 Å². The molecule has 52 valence electrons. The Kier molecular flexibility index (Phi) is 3.84. The van der Waals surface area contributed by atoms with E-state index in [0.29, 0.717) is 5.92 Å². The maximum Gasteiger partial charge on any atom is 0.148 e. The maximum absolute atomic E-state index is 3.93. The molecule has 0 aliphatic rings. The van der Waals surface area contributed by atoms with Crippen LogP contribution in [0.2, 0.25) is 0 Å². The van der Waals surface area contributed by atoms with Crippen LogP contribution in [0.5, 0.6) is 0 Å². The molecule has 0 saturated carbocycles. The molecule has 3 heteroatoms. The molecule has 0 atom stereocenters. The summed E-state index contributed by atoms with van der Waals surface area (Å²) in [5.41, 5.74) is 0. The third-order valence-corrected chi connectivity index (χ3v) is 0.948. The molecule has 0 aliphatic heterocycles. The fraction of sp³-hybridized carbons (Fsp3) is 0.833. The Morgan fingerprint density at radius 2 is 1.78 bits per heavy atom. The summed E-state index contributed by atoms with van der Waals surface area (Å²) < 4.78 is 0. The van der Waals surface area contributed by atoms with Crippen LogP contribution in [0, 0.1) is 5.92 Å². The van der Waals surface area contributed by atoms with Crippen LogP contribution in [0.3, 0.4) is 0 Å². The number of azo groups is 1. The van der Waals surface area contributed by atoms with Gasteiger partial charge in [-0.25, -0.2) is 0 Å². The number of rotatable bonds is 1. The smallest absolute Gasteiger partial charge is 0.148 e. The summed E-state index contributed by atoms with van der Waals surface area (Å²) >= 11 is 0. The lowest BCUT2D eigenvalue weighted by molar-refractivity contribution is 0.857. The van der Waals surface area contributed by atoms with E-state index in [0.717, 1.165) is 5.84 Å². The largest absolute Gasteiger partial charge is 0.272 e. The third kappa shape index (κ3) is 2.95. The van der Waals surface area contributed by atoms with Gasteiger partial charge in [0.15, 0.2) is 0 Å². The zero-order chi connectivity index (χ0) is 7.28. The van der Waals surface area contributed by atoms with E-state index in [1.165, 1.54) is 0 Å². The van der Waals surface area contributed by atoms with Crippen LogP contribution in [0.15, 0.2) is 15.2 Å². The average molecular weight is 127 g/mol. The van der Waals surface area contributed by atoms with Crippen LogP contribution in [0.1, 0.15) is 13.8 Å². The lowest BCUT2D eigenvalue weighted by Crippen LogP contribution is -2.02. The highest BCUT2D eigenvalue weighted by Gasteiger charge is 1.99. The zero-order valence-corrected chi connectivity index (χ0v) is 6.42. The van der Waals surface area contributed by atoms with Crippen molar-refractivity contribution in [2.75, 3.05) is 14.1 Å². The van der Waals surface area contributed by atoms with Crippen molar-refractivity contribution in [2.45, 2.75) is 13.8 Å². The minimum Gasteiger partial charge on any atom is -0.272 e. The highest BCUT2D eigenvalue weighted by Crippen LogP contribution is 1.97. The molecule has 0 aromatic carbocycles. The quantitative estimate of drug-likeness (QED) is 0.292. The monoisotopic (exact) mass is 127 g/mol. The molecule has 9 heavy (non-hydrogen) atoms. The molecular weight excluding hydrogens is 114 g/mol. The standard InChI is InChI=1S/C6H13N3/c1-5(2)6(7-3)9-8-4/h5H,1-4H3/b7-6-,9-8-. The predicted molar refractivity (Wildman–Crippen MR) is 39.0 cm³/mol. The summed E-state index contributed by atoms with van der Waals surface area (Å²) in [5, 5.41) is 7.44. The van der Waals surface area contributed by atoms with Crippen LogP contribution in [0.4, 0.5) is 0 Å². The lowest BCUT2D eigenvalue weighted by atomic mass is 10.2. The first-order valence-corrected chi connectivity index (χ1v) is 2.99. The molecule has 0 saturated heterocycles. The van der Waals surface area contributed by atoms with E-state index in [9.17, 15) is 0 Å². The van der Waals surface area contributed by atoms with Gasteiger partial charge in [0.25, 0.3) is 0 Å². The van der Waals surface area contributed by atoms with E-state index < -0.39 is 0 Å². The van der Waals surface area contributed by atoms with Gasteiger partial charge in [-0.05, 0) is 0 Å². The minimum absolute atomic E-state index is 0.374. The summed E-state index contributed by atoms with van der Waals surface area (Å²) in [5.74, 6) is 1.18. The van der Waals surface area contributed by atoms with Crippen molar-refractivity contribution in [2.24, 2.45) is 21.1 Å². The number of aliphatic imine (C=N–C) groups is 1. The highest BCUT2D eigenvalue weighted by atomic mass is 15.1. The Hall–Kier alpha value is -0.730. The first-order chi connectivity index (χ1) is 4.22. The molecule has 0 spiro atoms. The third-order valence-electron chi connectivity index (χ3n) is 0.948. The highest BCUT2D eigenvalue weighted by molar-refractivity contribution is 5.84. The Labute approximate surface area is 55.9 Å². The molecule has 0 rings (SSSR count). The SMILES string of the molecule is C/N=N\C(=N/C)C(C)C. The molecule has 0 N–H and O–H groups in total. The maximum atomic E-state index is 3.93. The molecule has 0 bridgehead atoms. The molecule has 3 nitrogen and oxygen atoms in total. The molecular formula is C6H13N3. The summed E-state index contributed by atoms with van der Waals surface area (Å²) in [6.07, 6.45) is 0. The zero-order valence-electron chi connectivity index (χ0n) is 6.42. The van der Waals surface area contributed by atoms with Gasteiger partial charge >= 0.3 is 0 Å². The van der Waals surface area contributed by atoms with Gasteiger partial charge in [-0.3, -0.25) is 4.99 Å². The summed E-state index contributed by atoms with van der Waals surface area (Å²) in [4.78, 5) is 3.93. The number of hydrogen-bond acceptors (Lipinski definition) is 2. The van der Waals surface area contributed by atoms with Gasteiger partial charge in [0.05, 0.1) is 0 Å². The molecule has 0 aromatic rings. The molecule has 0 fully saturated rings. The van der Waals surface area contributed by atoms with Crippen LogP contribution >= 0.6 is 0 Å². The first-order valence-electron chi connectivity index (χ1n) is 2.99. The topological polar surface area (TPSA) is 37.1 Å². The Morgan fingerprint density at radius 3 is 1.89 bits per heavy atom. The fourth-order valence-electron chi connectivity index (χ4n) is 0.521. The van der Waals surface area contributed by atoms with E-state index in [1.54, 1.807) is 14.1 Å². The number of amidine groups is 1. The second-order valence-electron chi connectivity index (χ2n) is 2.04. The van der Waals surface area contributed by atoms with Gasteiger partial charge < -0.3 is 0 Å². The molecule has 0 aliphatic carbocycles. The van der Waals surface area contributed by atoms with Crippen molar-refractivity contribution in [3.63, 3.8) is 0 Å².